The summed E-state index contributed by atoms with van der Waals surface area (Å²) in [5.74, 6) is 0.705. The Morgan fingerprint density at radius 3 is 2.55 bits per heavy atom. The lowest BCUT2D eigenvalue weighted by atomic mass is 9.75. The van der Waals surface area contributed by atoms with E-state index in [4.69, 9.17) is 0 Å². The highest BCUT2D eigenvalue weighted by atomic mass is 79.9. The molecule has 1 aromatic carbocycles. The average Bonchev–Trinajstić information content (AvgIpc) is 2.44. The van der Waals surface area contributed by atoms with Gasteiger partial charge in [0.1, 0.15) is 0 Å². The van der Waals surface area contributed by atoms with Crippen molar-refractivity contribution >= 4 is 15.9 Å². The van der Waals surface area contributed by atoms with Crippen LogP contribution in [0.5, 0.6) is 0 Å². The van der Waals surface area contributed by atoms with Crippen LogP contribution in [0.25, 0.3) is 0 Å². The lowest BCUT2D eigenvalue weighted by molar-refractivity contribution is 0.269. The molecular weight excluding hydrogens is 312 g/mol. The topological polar surface area (TPSA) is 24.9 Å². The summed E-state index contributed by atoms with van der Waals surface area (Å²) in [5.41, 5.74) is 2.58. The standard InChI is InChI=1S/C17H19BrN2/c1-12(17-4-2-3-9-19-17)20-16-10-14(11-16)13-5-7-15(18)8-6-13/h2-9,12,14,16,20H,10-11H2,1H3/t12-,14?,16?/m0/s1. The number of rotatable bonds is 4. The molecule has 0 saturated heterocycles. The average molecular weight is 331 g/mol. The van der Waals surface area contributed by atoms with E-state index in [9.17, 15) is 0 Å². The number of benzene rings is 1. The molecule has 1 aliphatic rings. The highest BCUT2D eigenvalue weighted by molar-refractivity contribution is 9.10. The van der Waals surface area contributed by atoms with Gasteiger partial charge in [-0.1, -0.05) is 34.1 Å². The molecule has 1 saturated carbocycles. The fraction of sp³-hybridized carbons (Fsp3) is 0.353. The Hall–Kier alpha value is -1.19. The molecule has 2 aromatic rings. The molecule has 3 heteroatoms. The molecule has 0 unspecified atom stereocenters. The zero-order valence-corrected chi connectivity index (χ0v) is 13.2. The summed E-state index contributed by atoms with van der Waals surface area (Å²) < 4.78 is 1.15. The minimum atomic E-state index is 0.326. The zero-order chi connectivity index (χ0) is 13.9. The van der Waals surface area contributed by atoms with Crippen LogP contribution in [-0.4, -0.2) is 11.0 Å². The van der Waals surface area contributed by atoms with Crippen LogP contribution in [0.1, 0.15) is 43.0 Å². The first kappa shape index (κ1) is 13.8. The minimum Gasteiger partial charge on any atom is -0.306 e. The molecule has 1 atom stereocenters. The van der Waals surface area contributed by atoms with Crippen molar-refractivity contribution in [3.63, 3.8) is 0 Å². The summed E-state index contributed by atoms with van der Waals surface area (Å²) in [7, 11) is 0. The molecule has 20 heavy (non-hydrogen) atoms. The number of nitrogens with zero attached hydrogens (tertiary/aromatic N) is 1. The predicted molar refractivity (Wildman–Crippen MR) is 85.7 cm³/mol. The Kier molecular flexibility index (Phi) is 4.18. The normalized spacial score (nSPS) is 23.1. The van der Waals surface area contributed by atoms with E-state index in [1.807, 2.05) is 18.3 Å². The third kappa shape index (κ3) is 3.10. The molecule has 3 rings (SSSR count). The number of hydrogen-bond acceptors (Lipinski definition) is 2. The van der Waals surface area contributed by atoms with E-state index < -0.39 is 0 Å². The van der Waals surface area contributed by atoms with Crippen molar-refractivity contribution in [2.24, 2.45) is 0 Å². The summed E-state index contributed by atoms with van der Waals surface area (Å²) in [4.78, 5) is 4.41. The summed E-state index contributed by atoms with van der Waals surface area (Å²) in [6.45, 7) is 2.19. The van der Waals surface area contributed by atoms with Gasteiger partial charge >= 0.3 is 0 Å². The molecule has 104 valence electrons. The van der Waals surface area contributed by atoms with Crippen LogP contribution < -0.4 is 5.32 Å². The van der Waals surface area contributed by atoms with Gasteiger partial charge in [-0.25, -0.2) is 0 Å². The first-order valence-corrected chi connectivity index (χ1v) is 7.94. The van der Waals surface area contributed by atoms with E-state index in [0.29, 0.717) is 18.0 Å². The molecule has 0 aliphatic heterocycles. The lowest BCUT2D eigenvalue weighted by Gasteiger charge is -2.38. The van der Waals surface area contributed by atoms with Gasteiger partial charge in [0.05, 0.1) is 5.69 Å². The Labute approximate surface area is 128 Å². The van der Waals surface area contributed by atoms with E-state index >= 15 is 0 Å². The number of aromatic nitrogens is 1. The largest absolute Gasteiger partial charge is 0.306 e. The van der Waals surface area contributed by atoms with E-state index in [2.05, 4.69) is 63.5 Å². The van der Waals surface area contributed by atoms with Crippen LogP contribution in [0.3, 0.4) is 0 Å². The molecule has 1 heterocycles. The maximum atomic E-state index is 4.41. The second kappa shape index (κ2) is 6.06. The van der Waals surface area contributed by atoms with Gasteiger partial charge in [-0.2, -0.15) is 0 Å². The Balaban J connectivity index is 1.52. The smallest absolute Gasteiger partial charge is 0.0570 e. The van der Waals surface area contributed by atoms with Crippen molar-refractivity contribution in [2.75, 3.05) is 0 Å². The third-order valence-corrected chi connectivity index (χ3v) is 4.63. The number of halogens is 1. The Morgan fingerprint density at radius 1 is 1.15 bits per heavy atom. The maximum absolute atomic E-state index is 4.41. The van der Waals surface area contributed by atoms with Crippen LogP contribution in [0.4, 0.5) is 0 Å². The van der Waals surface area contributed by atoms with Crippen LogP contribution in [0.2, 0.25) is 0 Å². The Morgan fingerprint density at radius 2 is 1.90 bits per heavy atom. The fourth-order valence-electron chi connectivity index (χ4n) is 2.83. The summed E-state index contributed by atoms with van der Waals surface area (Å²) >= 11 is 3.49. The summed E-state index contributed by atoms with van der Waals surface area (Å²) in [6.07, 6.45) is 4.30. The lowest BCUT2D eigenvalue weighted by Crippen LogP contribution is -2.41. The summed E-state index contributed by atoms with van der Waals surface area (Å²) in [6, 6.07) is 15.8. The van der Waals surface area contributed by atoms with Crippen LogP contribution >= 0.6 is 15.9 Å². The molecule has 1 aliphatic carbocycles. The van der Waals surface area contributed by atoms with Gasteiger partial charge in [-0.3, -0.25) is 4.98 Å². The SMILES string of the molecule is C[C@H](NC1CC(c2ccc(Br)cc2)C1)c1ccccn1. The predicted octanol–water partition coefficient (Wildman–Crippen LogP) is 4.44. The number of nitrogens with one attached hydrogen (secondary N) is 1. The van der Waals surface area contributed by atoms with Gasteiger partial charge in [0.25, 0.3) is 0 Å². The molecule has 1 fully saturated rings. The monoisotopic (exact) mass is 330 g/mol. The second-order valence-electron chi connectivity index (χ2n) is 5.56. The van der Waals surface area contributed by atoms with E-state index in [0.717, 1.165) is 10.2 Å². The van der Waals surface area contributed by atoms with E-state index in [-0.39, 0.29) is 0 Å². The molecule has 1 aromatic heterocycles. The van der Waals surface area contributed by atoms with Crippen LogP contribution in [0, 0.1) is 0 Å². The van der Waals surface area contributed by atoms with Gasteiger partial charge in [0, 0.05) is 22.8 Å². The zero-order valence-electron chi connectivity index (χ0n) is 11.6. The number of hydrogen-bond donors (Lipinski definition) is 1. The fourth-order valence-corrected chi connectivity index (χ4v) is 3.10. The van der Waals surface area contributed by atoms with Crippen molar-refractivity contribution < 1.29 is 0 Å². The van der Waals surface area contributed by atoms with Crippen molar-refractivity contribution in [2.45, 2.75) is 37.8 Å². The quantitative estimate of drug-likeness (QED) is 0.896. The molecule has 0 bridgehead atoms. The van der Waals surface area contributed by atoms with Crippen molar-refractivity contribution in [3.05, 3.63) is 64.4 Å². The first-order chi connectivity index (χ1) is 9.72. The van der Waals surface area contributed by atoms with Gasteiger partial charge in [0.15, 0.2) is 0 Å². The van der Waals surface area contributed by atoms with Crippen LogP contribution in [-0.2, 0) is 0 Å². The molecule has 0 radical (unpaired) electrons. The highest BCUT2D eigenvalue weighted by Gasteiger charge is 2.31. The van der Waals surface area contributed by atoms with Gasteiger partial charge in [-0.15, -0.1) is 0 Å². The van der Waals surface area contributed by atoms with Gasteiger partial charge < -0.3 is 5.32 Å². The molecule has 0 spiro atoms. The molecule has 1 N–H and O–H groups in total. The molecule has 0 amide bonds. The van der Waals surface area contributed by atoms with Gasteiger partial charge in [0.2, 0.25) is 0 Å². The molecular formula is C17H19BrN2. The van der Waals surface area contributed by atoms with E-state index in [1.165, 1.54) is 18.4 Å². The Bertz CT molecular complexity index is 547. The minimum absolute atomic E-state index is 0.326. The van der Waals surface area contributed by atoms with Crippen molar-refractivity contribution in [1.29, 1.82) is 0 Å². The highest BCUT2D eigenvalue weighted by Crippen LogP contribution is 2.38. The third-order valence-electron chi connectivity index (χ3n) is 4.10. The first-order valence-electron chi connectivity index (χ1n) is 7.15. The summed E-state index contributed by atoms with van der Waals surface area (Å²) in [5, 5.41) is 3.67. The van der Waals surface area contributed by atoms with Crippen molar-refractivity contribution in [3.8, 4) is 0 Å². The number of pyridine rings is 1. The second-order valence-corrected chi connectivity index (χ2v) is 6.48. The van der Waals surface area contributed by atoms with Crippen LogP contribution in [0.15, 0.2) is 53.1 Å². The van der Waals surface area contributed by atoms with Crippen molar-refractivity contribution in [1.82, 2.24) is 10.3 Å². The molecule has 2 nitrogen and oxygen atoms in total. The maximum Gasteiger partial charge on any atom is 0.0570 e. The van der Waals surface area contributed by atoms with Gasteiger partial charge in [-0.05, 0) is 55.5 Å². The van der Waals surface area contributed by atoms with E-state index in [1.54, 1.807) is 0 Å².